The van der Waals surface area contributed by atoms with Gasteiger partial charge in [-0.3, -0.25) is 4.98 Å². The van der Waals surface area contributed by atoms with Crippen molar-refractivity contribution in [2.75, 3.05) is 0 Å². The van der Waals surface area contributed by atoms with Crippen molar-refractivity contribution in [2.24, 2.45) is 5.92 Å². The van der Waals surface area contributed by atoms with Crippen molar-refractivity contribution in [1.82, 2.24) is 4.98 Å². The normalized spacial score (nSPS) is 15.2. The molecule has 0 saturated carbocycles. The average molecular weight is 163 g/mol. The van der Waals surface area contributed by atoms with Crippen LogP contribution in [0.5, 0.6) is 0 Å². The van der Waals surface area contributed by atoms with Gasteiger partial charge in [0.15, 0.2) is 0 Å². The van der Waals surface area contributed by atoms with Crippen molar-refractivity contribution >= 4 is 0 Å². The summed E-state index contributed by atoms with van der Waals surface area (Å²) in [6.45, 7) is 5.56. The van der Waals surface area contributed by atoms with E-state index < -0.39 is 6.10 Å². The molecule has 0 amide bonds. The number of rotatable bonds is 3. The third kappa shape index (κ3) is 1.92. The van der Waals surface area contributed by atoms with Crippen LogP contribution in [-0.2, 0) is 0 Å². The molecule has 2 atom stereocenters. The van der Waals surface area contributed by atoms with Gasteiger partial charge in [0.05, 0.1) is 6.10 Å². The Balaban J connectivity index is 2.78. The van der Waals surface area contributed by atoms with Gasteiger partial charge in [-0.05, 0) is 17.7 Å². The monoisotopic (exact) mass is 163 g/mol. The number of aliphatic hydroxyl groups is 1. The van der Waals surface area contributed by atoms with E-state index in [0.29, 0.717) is 0 Å². The lowest BCUT2D eigenvalue weighted by Gasteiger charge is -2.14. The van der Waals surface area contributed by atoms with Crippen LogP contribution in [0, 0.1) is 5.92 Å². The van der Waals surface area contributed by atoms with Gasteiger partial charge < -0.3 is 5.11 Å². The van der Waals surface area contributed by atoms with E-state index in [1.54, 1.807) is 18.5 Å². The number of pyridine rings is 1. The Hall–Kier alpha value is -1.15. The van der Waals surface area contributed by atoms with E-state index in [1.165, 1.54) is 0 Å². The molecule has 0 bridgehead atoms. The van der Waals surface area contributed by atoms with Crippen LogP contribution in [0.4, 0.5) is 0 Å². The van der Waals surface area contributed by atoms with Crippen LogP contribution in [0.1, 0.15) is 18.6 Å². The molecule has 1 aromatic rings. The topological polar surface area (TPSA) is 33.1 Å². The first-order chi connectivity index (χ1) is 5.75. The smallest absolute Gasteiger partial charge is 0.0850 e. The third-order valence-electron chi connectivity index (χ3n) is 1.92. The second-order valence-corrected chi connectivity index (χ2v) is 2.82. The predicted molar refractivity (Wildman–Crippen MR) is 48.6 cm³/mol. The Kier molecular flexibility index (Phi) is 3.00. The Bertz CT molecular complexity index is 245. The van der Waals surface area contributed by atoms with Gasteiger partial charge in [0.25, 0.3) is 0 Å². The molecule has 0 spiro atoms. The zero-order valence-corrected chi connectivity index (χ0v) is 7.14. The van der Waals surface area contributed by atoms with E-state index in [1.807, 2.05) is 19.1 Å². The molecule has 1 rings (SSSR count). The zero-order chi connectivity index (χ0) is 8.97. The lowest BCUT2D eigenvalue weighted by Crippen LogP contribution is -2.05. The molecule has 1 aromatic heterocycles. The molecule has 1 N–H and O–H groups in total. The molecule has 64 valence electrons. The summed E-state index contributed by atoms with van der Waals surface area (Å²) in [5.41, 5.74) is 0.886. The summed E-state index contributed by atoms with van der Waals surface area (Å²) in [5.74, 6) is 0.0763. The fraction of sp³-hybridized carbons (Fsp3) is 0.300. The predicted octanol–water partition coefficient (Wildman–Crippen LogP) is 1.94. The van der Waals surface area contributed by atoms with Crippen LogP contribution < -0.4 is 0 Å². The fourth-order valence-electron chi connectivity index (χ4n) is 0.993. The molecule has 0 aliphatic carbocycles. The lowest BCUT2D eigenvalue weighted by atomic mass is 9.99. The Morgan fingerprint density at radius 1 is 1.50 bits per heavy atom. The van der Waals surface area contributed by atoms with E-state index in [0.717, 1.165) is 5.56 Å². The second kappa shape index (κ2) is 4.02. The SMILES string of the molecule is C=C[C@@H](C)[C@@H](O)c1ccncc1. The van der Waals surface area contributed by atoms with Crippen LogP contribution >= 0.6 is 0 Å². The maximum Gasteiger partial charge on any atom is 0.0850 e. The maximum absolute atomic E-state index is 9.69. The quantitative estimate of drug-likeness (QED) is 0.691. The molecule has 0 aliphatic rings. The highest BCUT2D eigenvalue weighted by Gasteiger charge is 2.11. The molecular weight excluding hydrogens is 150 g/mol. The summed E-state index contributed by atoms with van der Waals surface area (Å²) >= 11 is 0. The first-order valence-electron chi connectivity index (χ1n) is 3.96. The molecule has 0 aliphatic heterocycles. The number of hydrogen-bond acceptors (Lipinski definition) is 2. The highest BCUT2D eigenvalue weighted by molar-refractivity contribution is 5.14. The van der Waals surface area contributed by atoms with Crippen molar-refractivity contribution in [2.45, 2.75) is 13.0 Å². The van der Waals surface area contributed by atoms with Gasteiger partial charge in [-0.15, -0.1) is 6.58 Å². The second-order valence-electron chi connectivity index (χ2n) is 2.82. The summed E-state index contributed by atoms with van der Waals surface area (Å²) < 4.78 is 0. The van der Waals surface area contributed by atoms with E-state index in [4.69, 9.17) is 0 Å². The van der Waals surface area contributed by atoms with E-state index in [2.05, 4.69) is 11.6 Å². The third-order valence-corrected chi connectivity index (χ3v) is 1.92. The maximum atomic E-state index is 9.69. The lowest BCUT2D eigenvalue weighted by molar-refractivity contribution is 0.140. The van der Waals surface area contributed by atoms with E-state index in [9.17, 15) is 5.11 Å². The summed E-state index contributed by atoms with van der Waals surface area (Å²) in [4.78, 5) is 3.88. The highest BCUT2D eigenvalue weighted by Crippen LogP contribution is 2.20. The van der Waals surface area contributed by atoms with Crippen molar-refractivity contribution in [3.8, 4) is 0 Å². The molecular formula is C10H13NO. The van der Waals surface area contributed by atoms with Crippen molar-refractivity contribution in [1.29, 1.82) is 0 Å². The van der Waals surface area contributed by atoms with Gasteiger partial charge >= 0.3 is 0 Å². The Morgan fingerprint density at radius 2 is 2.08 bits per heavy atom. The molecule has 0 aromatic carbocycles. The summed E-state index contributed by atoms with van der Waals surface area (Å²) in [7, 11) is 0. The summed E-state index contributed by atoms with van der Waals surface area (Å²) in [6.07, 6.45) is 4.62. The van der Waals surface area contributed by atoms with Crippen LogP contribution in [0.3, 0.4) is 0 Å². The molecule has 2 nitrogen and oxygen atoms in total. The minimum absolute atomic E-state index is 0.0763. The van der Waals surface area contributed by atoms with Crippen molar-refractivity contribution in [3.05, 3.63) is 42.7 Å². The number of nitrogens with zero attached hydrogens (tertiary/aromatic N) is 1. The minimum Gasteiger partial charge on any atom is -0.388 e. The first kappa shape index (κ1) is 8.94. The molecule has 0 saturated heterocycles. The van der Waals surface area contributed by atoms with Gasteiger partial charge in [-0.2, -0.15) is 0 Å². The van der Waals surface area contributed by atoms with Crippen LogP contribution in [0.15, 0.2) is 37.2 Å². The molecule has 2 heteroatoms. The highest BCUT2D eigenvalue weighted by atomic mass is 16.3. The molecule has 12 heavy (non-hydrogen) atoms. The number of hydrogen-bond donors (Lipinski definition) is 1. The Morgan fingerprint density at radius 3 is 2.58 bits per heavy atom. The standard InChI is InChI=1S/C10H13NO/c1-3-8(2)10(12)9-4-6-11-7-5-9/h3-8,10,12H,1H2,2H3/t8-,10-/m1/s1. The fourth-order valence-corrected chi connectivity index (χ4v) is 0.993. The Labute approximate surface area is 72.6 Å². The van der Waals surface area contributed by atoms with Gasteiger partial charge in [0.2, 0.25) is 0 Å². The van der Waals surface area contributed by atoms with Crippen molar-refractivity contribution in [3.63, 3.8) is 0 Å². The van der Waals surface area contributed by atoms with Gasteiger partial charge in [0, 0.05) is 18.3 Å². The molecule has 1 heterocycles. The van der Waals surface area contributed by atoms with Gasteiger partial charge in [-0.1, -0.05) is 13.0 Å². The van der Waals surface area contributed by atoms with Crippen LogP contribution in [0.25, 0.3) is 0 Å². The van der Waals surface area contributed by atoms with Crippen LogP contribution in [-0.4, -0.2) is 10.1 Å². The van der Waals surface area contributed by atoms with Crippen LogP contribution in [0.2, 0.25) is 0 Å². The van der Waals surface area contributed by atoms with Gasteiger partial charge in [-0.25, -0.2) is 0 Å². The first-order valence-corrected chi connectivity index (χ1v) is 3.96. The van der Waals surface area contributed by atoms with Gasteiger partial charge in [0.1, 0.15) is 0 Å². The zero-order valence-electron chi connectivity index (χ0n) is 7.14. The average Bonchev–Trinajstić information content (AvgIpc) is 2.17. The minimum atomic E-state index is -0.467. The number of aliphatic hydroxyl groups excluding tert-OH is 1. The van der Waals surface area contributed by atoms with E-state index >= 15 is 0 Å². The number of aromatic nitrogens is 1. The molecule has 0 radical (unpaired) electrons. The largest absolute Gasteiger partial charge is 0.388 e. The molecule has 0 unspecified atom stereocenters. The summed E-state index contributed by atoms with van der Waals surface area (Å²) in [5, 5.41) is 9.69. The molecule has 0 fully saturated rings. The van der Waals surface area contributed by atoms with E-state index in [-0.39, 0.29) is 5.92 Å². The van der Waals surface area contributed by atoms with Crippen molar-refractivity contribution < 1.29 is 5.11 Å². The summed E-state index contributed by atoms with van der Waals surface area (Å²) in [6, 6.07) is 3.62.